The van der Waals surface area contributed by atoms with Gasteiger partial charge in [0.15, 0.2) is 5.82 Å². The van der Waals surface area contributed by atoms with Crippen molar-refractivity contribution in [3.63, 3.8) is 0 Å². The molecule has 24 aromatic rings. The zero-order valence-electron chi connectivity index (χ0n) is 62.6. The summed E-state index contributed by atoms with van der Waals surface area (Å²) < 4.78 is 18.1. The largest absolute Gasteiger partial charge is 0.456 e. The van der Waals surface area contributed by atoms with Gasteiger partial charge in [-0.2, -0.15) is 15.0 Å². The van der Waals surface area contributed by atoms with Crippen LogP contribution in [0.25, 0.3) is 227 Å². The number of furan rings is 1. The topological polar surface area (TPSA) is 76.5 Å². The van der Waals surface area contributed by atoms with E-state index in [9.17, 15) is 0 Å². The summed E-state index contributed by atoms with van der Waals surface area (Å²) in [5, 5.41) is 16.0. The molecule has 0 amide bonds. The van der Waals surface area contributed by atoms with Gasteiger partial charge in [0.1, 0.15) is 11.2 Å². The van der Waals surface area contributed by atoms with Gasteiger partial charge in [-0.05, 0) is 212 Å². The summed E-state index contributed by atoms with van der Waals surface area (Å²) in [5.74, 6) is 1.59. The van der Waals surface area contributed by atoms with Crippen LogP contribution < -0.4 is 0 Å². The van der Waals surface area contributed by atoms with Crippen molar-refractivity contribution in [3.8, 4) is 84.9 Å². The maximum Gasteiger partial charge on any atom is 0.240 e. The molecule has 0 bridgehead atoms. The third kappa shape index (κ3) is 9.34. The average Bonchev–Trinajstić information content (AvgIpc) is 1.54. The summed E-state index contributed by atoms with van der Waals surface area (Å²) in [6, 6.07) is 133. The molecule has 1 aliphatic rings. The molecule has 1 aliphatic carbocycles. The molecule has 7 heterocycles. The second kappa shape index (κ2) is 23.9. The fraction of sp³-hybridized carbons (Fsp3) is 0.0283. The number of benzene rings is 17. The lowest BCUT2D eigenvalue weighted by Crippen LogP contribution is -2.15. The van der Waals surface area contributed by atoms with E-state index in [0.29, 0.717) is 17.7 Å². The molecular formula is C106H66N8O. The van der Waals surface area contributed by atoms with Crippen molar-refractivity contribution in [2.75, 3.05) is 0 Å². The van der Waals surface area contributed by atoms with Crippen LogP contribution >= 0.6 is 0 Å². The first-order valence-electron chi connectivity index (χ1n) is 39.4. The quantitative estimate of drug-likeness (QED) is 0.144. The van der Waals surface area contributed by atoms with Crippen molar-refractivity contribution in [3.05, 3.63) is 375 Å². The number of nitrogens with zero attached hydrogens (tertiary/aromatic N) is 8. The number of para-hydroxylation sites is 7. The van der Waals surface area contributed by atoms with Crippen LogP contribution in [0.3, 0.4) is 0 Å². The molecule has 0 saturated carbocycles. The van der Waals surface area contributed by atoms with E-state index in [1.807, 2.05) is 12.1 Å². The Morgan fingerprint density at radius 3 is 1.18 bits per heavy atom. The summed E-state index contributed by atoms with van der Waals surface area (Å²) in [5.41, 5.74) is 28.5. The normalized spacial score (nSPS) is 12.9. The standard InChI is InChI=1S/C106H66N8O/c1-106(2)89-31-15-9-25-75(89)83-61-87-79-29-13-19-35-94(79)114(100(87)62-90(83)106)105-108-103(107-104(109-105)113-93-34-18-12-28-78(93)86-55-64(44-51-97(86)113)67-45-52-102-88(58-67)82-30-14-20-36-101(82)115-102)70-38-37-63-39-46-74(54-71(63)53-70)112-98-59-68(65-42-49-95-84(56-65)76-26-10-16-32-91(76)110(95)72-21-5-3-6-22-72)40-47-80(98)81-48-41-69(60-99(81)112)66-43-50-96-85(57-66)77-27-11-17-33-92(77)111(96)73-23-7-4-8-24-73/h3-62H,1-2H3. The molecule has 25 rings (SSSR count). The summed E-state index contributed by atoms with van der Waals surface area (Å²) in [7, 11) is 0. The zero-order valence-corrected chi connectivity index (χ0v) is 62.6. The van der Waals surface area contributed by atoms with Gasteiger partial charge in [0.2, 0.25) is 11.9 Å². The van der Waals surface area contributed by atoms with Gasteiger partial charge in [0.05, 0.1) is 55.2 Å². The van der Waals surface area contributed by atoms with Crippen LogP contribution in [0.1, 0.15) is 25.0 Å². The second-order valence-corrected chi connectivity index (χ2v) is 31.5. The molecule has 0 N–H and O–H groups in total. The van der Waals surface area contributed by atoms with Crippen LogP contribution in [-0.4, -0.2) is 37.8 Å². The molecular weight excluding hydrogens is 1400 g/mol. The van der Waals surface area contributed by atoms with Crippen molar-refractivity contribution < 1.29 is 4.42 Å². The smallest absolute Gasteiger partial charge is 0.240 e. The van der Waals surface area contributed by atoms with Crippen molar-refractivity contribution in [1.82, 2.24) is 37.8 Å². The third-order valence-electron chi connectivity index (χ3n) is 24.9. The van der Waals surface area contributed by atoms with Gasteiger partial charge >= 0.3 is 0 Å². The molecule has 0 fully saturated rings. The Balaban J connectivity index is 0.694. The molecule has 536 valence electrons. The zero-order chi connectivity index (χ0) is 75.5. The highest BCUT2D eigenvalue weighted by molar-refractivity contribution is 6.17. The van der Waals surface area contributed by atoms with Crippen molar-refractivity contribution in [1.29, 1.82) is 0 Å². The van der Waals surface area contributed by atoms with Crippen molar-refractivity contribution >= 4 is 142 Å². The van der Waals surface area contributed by atoms with Crippen LogP contribution in [0.4, 0.5) is 0 Å². The Bertz CT molecular complexity index is 8110. The Kier molecular flexibility index (Phi) is 13.2. The van der Waals surface area contributed by atoms with Crippen molar-refractivity contribution in [2.45, 2.75) is 19.3 Å². The first-order chi connectivity index (χ1) is 56.7. The van der Waals surface area contributed by atoms with Crippen molar-refractivity contribution in [2.24, 2.45) is 0 Å². The van der Waals surface area contributed by atoms with Gasteiger partial charge in [-0.3, -0.25) is 9.13 Å². The molecule has 7 aromatic heterocycles. The lowest BCUT2D eigenvalue weighted by molar-refractivity contribution is 0.661. The molecule has 0 saturated heterocycles. The van der Waals surface area contributed by atoms with Gasteiger partial charge in [-0.15, -0.1) is 0 Å². The number of rotatable bonds is 9. The minimum Gasteiger partial charge on any atom is -0.456 e. The van der Waals surface area contributed by atoms with E-state index in [2.05, 4.69) is 389 Å². The van der Waals surface area contributed by atoms with E-state index < -0.39 is 0 Å². The Hall–Kier alpha value is -15.2. The maximum atomic E-state index is 6.32. The minimum absolute atomic E-state index is 0.257. The SMILES string of the molecule is CC1(C)c2ccccc2-c2cc3c4ccccc4n(-c4nc(-c5ccc6ccc(-n7c8cc(-c9ccc%10c(c9)c9ccccc9n%10-c9ccccc9)ccc8c8ccc(-c9ccc%10c(c9)c9ccccc9n%10-c9ccccc9)cc87)cc6c5)nc(-n5c6ccccc6c6cc(-c7ccc8oc9ccccc9c8c7)ccc65)n4)c3cc21. The maximum absolute atomic E-state index is 6.32. The Labute approximate surface area is 659 Å². The fourth-order valence-corrected chi connectivity index (χ4v) is 19.5. The summed E-state index contributed by atoms with van der Waals surface area (Å²) >= 11 is 0. The molecule has 115 heavy (non-hydrogen) atoms. The molecule has 0 spiro atoms. The van der Waals surface area contributed by atoms with E-state index in [4.69, 9.17) is 19.4 Å². The number of aromatic nitrogens is 8. The van der Waals surface area contributed by atoms with Crippen LogP contribution in [0.15, 0.2) is 368 Å². The average molecular weight is 1470 g/mol. The van der Waals surface area contributed by atoms with Gasteiger partial charge < -0.3 is 18.1 Å². The Morgan fingerprint density at radius 2 is 0.609 bits per heavy atom. The van der Waals surface area contributed by atoms with Crippen LogP contribution in [-0.2, 0) is 5.41 Å². The molecule has 9 nitrogen and oxygen atoms in total. The predicted octanol–water partition coefficient (Wildman–Crippen LogP) is 27.4. The fourth-order valence-electron chi connectivity index (χ4n) is 19.5. The minimum atomic E-state index is -0.257. The van der Waals surface area contributed by atoms with Gasteiger partial charge in [-0.1, -0.05) is 232 Å². The summed E-state index contributed by atoms with van der Waals surface area (Å²) in [6.07, 6.45) is 0. The number of fused-ring (bicyclic) bond motifs is 22. The van der Waals surface area contributed by atoms with E-state index in [-0.39, 0.29) is 5.41 Å². The molecule has 0 aliphatic heterocycles. The first-order valence-corrected chi connectivity index (χ1v) is 39.4. The van der Waals surface area contributed by atoms with Crippen LogP contribution in [0.5, 0.6) is 0 Å². The number of hydrogen-bond acceptors (Lipinski definition) is 4. The third-order valence-corrected chi connectivity index (χ3v) is 24.9. The first kappa shape index (κ1) is 63.6. The van der Waals surface area contributed by atoms with Crippen LogP contribution in [0.2, 0.25) is 0 Å². The molecule has 9 heteroatoms. The van der Waals surface area contributed by atoms with Gasteiger partial charge in [0.25, 0.3) is 0 Å². The highest BCUT2D eigenvalue weighted by Gasteiger charge is 2.37. The van der Waals surface area contributed by atoms with E-state index >= 15 is 0 Å². The highest BCUT2D eigenvalue weighted by atomic mass is 16.3. The second-order valence-electron chi connectivity index (χ2n) is 31.5. The molecule has 0 atom stereocenters. The molecule has 0 unspecified atom stereocenters. The Morgan fingerprint density at radius 1 is 0.217 bits per heavy atom. The lowest BCUT2D eigenvalue weighted by Gasteiger charge is -2.21. The van der Waals surface area contributed by atoms with E-state index in [1.165, 1.54) is 76.6 Å². The van der Waals surface area contributed by atoms with Crippen LogP contribution in [0, 0.1) is 0 Å². The van der Waals surface area contributed by atoms with E-state index in [1.54, 1.807) is 0 Å². The summed E-state index contributed by atoms with van der Waals surface area (Å²) in [6.45, 7) is 4.70. The number of hydrogen-bond donors (Lipinski definition) is 0. The van der Waals surface area contributed by atoms with Gasteiger partial charge in [-0.25, -0.2) is 0 Å². The monoisotopic (exact) mass is 1470 g/mol. The summed E-state index contributed by atoms with van der Waals surface area (Å²) in [4.78, 5) is 17.2. The lowest BCUT2D eigenvalue weighted by atomic mass is 9.82. The molecule has 0 radical (unpaired) electrons. The van der Waals surface area contributed by atoms with Gasteiger partial charge in [0, 0.05) is 92.7 Å². The van der Waals surface area contributed by atoms with E-state index in [0.717, 1.165) is 143 Å². The highest BCUT2D eigenvalue weighted by Crippen LogP contribution is 2.52. The molecule has 17 aromatic carbocycles. The predicted molar refractivity (Wildman–Crippen MR) is 476 cm³/mol.